The van der Waals surface area contributed by atoms with Crippen molar-refractivity contribution in [2.45, 2.75) is 18.7 Å². The summed E-state index contributed by atoms with van der Waals surface area (Å²) in [4.78, 5) is 0. The first-order valence-electron chi connectivity index (χ1n) is 5.82. The zero-order chi connectivity index (χ0) is 14.0. The lowest BCUT2D eigenvalue weighted by Gasteiger charge is -2.13. The first kappa shape index (κ1) is 14.3. The topological polar surface area (TPSA) is 0 Å². The molecule has 0 nitrogen and oxygen atoms in total. The molecule has 100 valence electrons. The maximum absolute atomic E-state index is 13.6. The molecule has 2 rings (SSSR count). The molecule has 0 aliphatic carbocycles. The quantitative estimate of drug-likeness (QED) is 0.661. The summed E-state index contributed by atoms with van der Waals surface area (Å²) in [5.41, 5.74) is 2.05. The second kappa shape index (κ2) is 5.89. The highest BCUT2D eigenvalue weighted by Gasteiger charge is 2.16. The fraction of sp³-hybridized carbons (Fsp3) is 0.200. The lowest BCUT2D eigenvalue weighted by atomic mass is 10.0. The van der Waals surface area contributed by atoms with Crippen molar-refractivity contribution in [2.24, 2.45) is 0 Å². The van der Waals surface area contributed by atoms with E-state index in [9.17, 15) is 8.78 Å². The van der Waals surface area contributed by atoms with Crippen molar-refractivity contribution in [3.8, 4) is 0 Å². The van der Waals surface area contributed by atoms with Crippen LogP contribution in [0, 0.1) is 18.6 Å². The van der Waals surface area contributed by atoms with E-state index in [1.807, 2.05) is 25.1 Å². The van der Waals surface area contributed by atoms with Crippen molar-refractivity contribution in [2.75, 3.05) is 0 Å². The molecule has 0 radical (unpaired) electrons. The molecule has 0 aliphatic rings. The van der Waals surface area contributed by atoms with Gasteiger partial charge in [0.05, 0.1) is 5.38 Å². The minimum atomic E-state index is -0.596. The minimum absolute atomic E-state index is 0.261. The number of aryl methyl sites for hydroxylation is 1. The van der Waals surface area contributed by atoms with E-state index in [1.165, 1.54) is 12.1 Å². The molecule has 1 unspecified atom stereocenters. The highest BCUT2D eigenvalue weighted by atomic mass is 35.5. The van der Waals surface area contributed by atoms with Gasteiger partial charge in [-0.15, -0.1) is 11.6 Å². The molecule has 0 aromatic heterocycles. The Morgan fingerprint density at radius 3 is 2.58 bits per heavy atom. The van der Waals surface area contributed by atoms with Crippen LogP contribution < -0.4 is 0 Å². The van der Waals surface area contributed by atoms with E-state index < -0.39 is 17.0 Å². The maximum Gasteiger partial charge on any atom is 0.129 e. The monoisotopic (exact) mass is 300 g/mol. The summed E-state index contributed by atoms with van der Waals surface area (Å²) in [6.07, 6.45) is 0.261. The van der Waals surface area contributed by atoms with Crippen molar-refractivity contribution in [3.63, 3.8) is 0 Å². The van der Waals surface area contributed by atoms with E-state index in [2.05, 4.69) is 0 Å². The highest BCUT2D eigenvalue weighted by Crippen LogP contribution is 2.33. The molecule has 1 atom stereocenters. The van der Waals surface area contributed by atoms with Crippen LogP contribution in [0.5, 0.6) is 0 Å². The van der Waals surface area contributed by atoms with E-state index >= 15 is 0 Å². The van der Waals surface area contributed by atoms with Gasteiger partial charge in [0.25, 0.3) is 0 Å². The molecule has 0 N–H and O–H groups in total. The van der Waals surface area contributed by atoms with E-state index in [1.54, 1.807) is 0 Å². The lowest BCUT2D eigenvalue weighted by Crippen LogP contribution is -2.00. The summed E-state index contributed by atoms with van der Waals surface area (Å²) in [5.74, 6) is -1.18. The van der Waals surface area contributed by atoms with Gasteiger partial charge in [0.15, 0.2) is 0 Å². The third kappa shape index (κ3) is 3.26. The van der Waals surface area contributed by atoms with Gasteiger partial charge in [-0.05, 0) is 36.1 Å². The molecule has 2 aromatic carbocycles. The van der Waals surface area contributed by atoms with Crippen LogP contribution in [0.3, 0.4) is 0 Å². The van der Waals surface area contributed by atoms with Gasteiger partial charge in [-0.3, -0.25) is 0 Å². The molecular formula is C15H12Cl2F2. The summed E-state index contributed by atoms with van der Waals surface area (Å²) in [5, 5.41) is 0.136. The summed E-state index contributed by atoms with van der Waals surface area (Å²) < 4.78 is 26.4. The third-order valence-corrected chi connectivity index (χ3v) is 3.88. The molecule has 0 bridgehead atoms. The van der Waals surface area contributed by atoms with Gasteiger partial charge in [-0.2, -0.15) is 0 Å². The number of alkyl halides is 1. The first-order valence-corrected chi connectivity index (χ1v) is 6.63. The molecule has 0 saturated heterocycles. The average molecular weight is 301 g/mol. The fourth-order valence-corrected chi connectivity index (χ4v) is 2.56. The Labute approximate surface area is 121 Å². The summed E-state index contributed by atoms with van der Waals surface area (Å²) in [7, 11) is 0. The van der Waals surface area contributed by atoms with E-state index in [-0.39, 0.29) is 6.42 Å². The SMILES string of the molecule is Cc1cccc(C(Cl)Cc2ccc(F)cc2F)c1Cl. The van der Waals surface area contributed by atoms with E-state index in [0.29, 0.717) is 10.6 Å². The van der Waals surface area contributed by atoms with E-state index in [0.717, 1.165) is 17.2 Å². The first-order chi connectivity index (χ1) is 8.99. The Kier molecular flexibility index (Phi) is 4.43. The number of halogens is 4. The third-order valence-electron chi connectivity index (χ3n) is 2.97. The summed E-state index contributed by atoms with van der Waals surface area (Å²) in [6.45, 7) is 1.88. The molecule has 0 fully saturated rings. The minimum Gasteiger partial charge on any atom is -0.207 e. The largest absolute Gasteiger partial charge is 0.207 e. The van der Waals surface area contributed by atoms with Gasteiger partial charge in [0.1, 0.15) is 11.6 Å². The molecule has 0 saturated carbocycles. The fourth-order valence-electron chi connectivity index (χ4n) is 1.90. The van der Waals surface area contributed by atoms with Crippen molar-refractivity contribution >= 4 is 23.2 Å². The average Bonchev–Trinajstić information content (AvgIpc) is 2.36. The van der Waals surface area contributed by atoms with Crippen LogP contribution in [0.2, 0.25) is 5.02 Å². The van der Waals surface area contributed by atoms with Crippen molar-refractivity contribution in [1.29, 1.82) is 0 Å². The van der Waals surface area contributed by atoms with Crippen LogP contribution in [-0.4, -0.2) is 0 Å². The zero-order valence-electron chi connectivity index (χ0n) is 10.3. The van der Waals surface area contributed by atoms with Crippen molar-refractivity contribution < 1.29 is 8.78 Å². The number of hydrogen-bond donors (Lipinski definition) is 0. The van der Waals surface area contributed by atoms with E-state index in [4.69, 9.17) is 23.2 Å². The Bertz CT molecular complexity index is 597. The smallest absolute Gasteiger partial charge is 0.129 e. The standard InChI is InChI=1S/C15H12Cl2F2/c1-9-3-2-4-12(15(9)17)13(16)7-10-5-6-11(18)8-14(10)19/h2-6,8,13H,7H2,1H3. The predicted molar refractivity (Wildman–Crippen MR) is 74.8 cm³/mol. The second-order valence-electron chi connectivity index (χ2n) is 4.39. The molecule has 0 amide bonds. The van der Waals surface area contributed by atoms with Crippen molar-refractivity contribution in [3.05, 3.63) is 69.7 Å². The van der Waals surface area contributed by atoms with Gasteiger partial charge in [0, 0.05) is 11.1 Å². The molecule has 4 heteroatoms. The normalized spacial score (nSPS) is 12.5. The van der Waals surface area contributed by atoms with Gasteiger partial charge >= 0.3 is 0 Å². The molecular weight excluding hydrogens is 289 g/mol. The number of benzene rings is 2. The Hall–Kier alpha value is -1.12. The zero-order valence-corrected chi connectivity index (χ0v) is 11.8. The van der Waals surface area contributed by atoms with Crippen LogP contribution in [0.25, 0.3) is 0 Å². The summed E-state index contributed by atoms with van der Waals surface area (Å²) >= 11 is 12.5. The Balaban J connectivity index is 2.25. The van der Waals surface area contributed by atoms with Gasteiger partial charge in [0.2, 0.25) is 0 Å². The number of rotatable bonds is 3. The van der Waals surface area contributed by atoms with Crippen LogP contribution in [0.4, 0.5) is 8.78 Å². The molecule has 19 heavy (non-hydrogen) atoms. The summed E-state index contributed by atoms with van der Waals surface area (Å²) in [6, 6.07) is 9.04. The van der Waals surface area contributed by atoms with Crippen LogP contribution in [-0.2, 0) is 6.42 Å². The second-order valence-corrected chi connectivity index (χ2v) is 5.29. The van der Waals surface area contributed by atoms with Crippen LogP contribution in [0.15, 0.2) is 36.4 Å². The lowest BCUT2D eigenvalue weighted by molar-refractivity contribution is 0.570. The molecule has 0 heterocycles. The van der Waals surface area contributed by atoms with Gasteiger partial charge in [-0.1, -0.05) is 35.9 Å². The molecule has 2 aromatic rings. The van der Waals surface area contributed by atoms with Crippen LogP contribution in [0.1, 0.15) is 22.1 Å². The van der Waals surface area contributed by atoms with Gasteiger partial charge < -0.3 is 0 Å². The number of hydrogen-bond acceptors (Lipinski definition) is 0. The van der Waals surface area contributed by atoms with Gasteiger partial charge in [-0.25, -0.2) is 8.78 Å². The van der Waals surface area contributed by atoms with Crippen molar-refractivity contribution in [1.82, 2.24) is 0 Å². The Morgan fingerprint density at radius 2 is 1.89 bits per heavy atom. The maximum atomic E-state index is 13.6. The molecule has 0 spiro atoms. The van der Waals surface area contributed by atoms with Crippen LogP contribution >= 0.6 is 23.2 Å². The highest BCUT2D eigenvalue weighted by molar-refractivity contribution is 6.33. The Morgan fingerprint density at radius 1 is 1.16 bits per heavy atom. The predicted octanol–water partition coefficient (Wildman–Crippen LogP) is 5.45. The molecule has 0 aliphatic heterocycles.